The van der Waals surface area contributed by atoms with Crippen LogP contribution in [0.5, 0.6) is 0 Å². The van der Waals surface area contributed by atoms with Crippen molar-refractivity contribution in [3.8, 4) is 0 Å². The van der Waals surface area contributed by atoms with Gasteiger partial charge in [0.2, 0.25) is 5.91 Å². The Hall–Kier alpha value is -1.15. The maximum Gasteiger partial charge on any atom is 0.238 e. The summed E-state index contributed by atoms with van der Waals surface area (Å²) >= 11 is 1.73. The molecule has 2 heterocycles. The third-order valence-electron chi connectivity index (χ3n) is 4.24. The van der Waals surface area contributed by atoms with E-state index in [9.17, 15) is 9.18 Å². The molecule has 126 valence electrons. The molecule has 2 unspecified atom stereocenters. The fourth-order valence-corrected chi connectivity index (χ4v) is 3.86. The molecular weight excluding hydrogens is 317 g/mol. The molecule has 7 heteroatoms. The van der Waals surface area contributed by atoms with Crippen LogP contribution in [0.2, 0.25) is 0 Å². The summed E-state index contributed by atoms with van der Waals surface area (Å²) in [6, 6.07) is 6.46. The Bertz CT molecular complexity index is 517. The number of halogens is 1. The Morgan fingerprint density at radius 3 is 2.78 bits per heavy atom. The number of thioether (sulfide) groups is 1. The van der Waals surface area contributed by atoms with Gasteiger partial charge in [0.1, 0.15) is 5.82 Å². The van der Waals surface area contributed by atoms with Crippen LogP contribution >= 0.6 is 11.8 Å². The molecular formula is C16H22FN3O2S. The van der Waals surface area contributed by atoms with Gasteiger partial charge in [-0.15, -0.1) is 11.8 Å². The lowest BCUT2D eigenvalue weighted by molar-refractivity contribution is -0.122. The number of morpholine rings is 1. The zero-order valence-electron chi connectivity index (χ0n) is 13.0. The van der Waals surface area contributed by atoms with Crippen LogP contribution in [0.15, 0.2) is 24.3 Å². The second-order valence-corrected chi connectivity index (χ2v) is 6.76. The first-order chi connectivity index (χ1) is 11.2. The zero-order chi connectivity index (χ0) is 16.1. The third-order valence-corrected chi connectivity index (χ3v) is 5.18. The zero-order valence-corrected chi connectivity index (χ0v) is 13.8. The summed E-state index contributed by atoms with van der Waals surface area (Å²) in [4.78, 5) is 14.5. The molecule has 3 rings (SSSR count). The van der Waals surface area contributed by atoms with Crippen molar-refractivity contribution in [2.75, 3.05) is 44.5 Å². The average Bonchev–Trinajstić information content (AvgIpc) is 3.12. The van der Waals surface area contributed by atoms with Gasteiger partial charge in [0.25, 0.3) is 0 Å². The molecule has 23 heavy (non-hydrogen) atoms. The lowest BCUT2D eigenvalue weighted by Gasteiger charge is -2.35. The van der Waals surface area contributed by atoms with Crippen LogP contribution in [0.1, 0.15) is 11.6 Å². The number of hydrogen-bond donors (Lipinski definition) is 2. The normalized spacial score (nSPS) is 23.6. The van der Waals surface area contributed by atoms with Crippen molar-refractivity contribution < 1.29 is 13.9 Å². The number of carbonyl (C=O) groups excluding carboxylic acids is 1. The van der Waals surface area contributed by atoms with E-state index in [1.165, 1.54) is 12.1 Å². The van der Waals surface area contributed by atoms with Crippen molar-refractivity contribution >= 4 is 17.7 Å². The molecule has 2 fully saturated rings. The Balaban J connectivity index is 1.66. The van der Waals surface area contributed by atoms with Gasteiger partial charge in [0.05, 0.1) is 25.3 Å². The van der Waals surface area contributed by atoms with Crippen molar-refractivity contribution in [3.63, 3.8) is 0 Å². The first kappa shape index (κ1) is 16.7. The maximum absolute atomic E-state index is 13.2. The van der Waals surface area contributed by atoms with Crippen molar-refractivity contribution in [1.29, 1.82) is 0 Å². The first-order valence-electron chi connectivity index (χ1n) is 7.90. The van der Waals surface area contributed by atoms with Gasteiger partial charge >= 0.3 is 0 Å². The van der Waals surface area contributed by atoms with E-state index in [-0.39, 0.29) is 23.8 Å². The van der Waals surface area contributed by atoms with Gasteiger partial charge < -0.3 is 10.1 Å². The predicted molar refractivity (Wildman–Crippen MR) is 88.8 cm³/mol. The number of benzene rings is 1. The molecule has 1 aromatic carbocycles. The quantitative estimate of drug-likeness (QED) is 0.838. The van der Waals surface area contributed by atoms with Crippen molar-refractivity contribution in [2.45, 2.75) is 12.1 Å². The fraction of sp³-hybridized carbons (Fsp3) is 0.562. The summed E-state index contributed by atoms with van der Waals surface area (Å²) in [5, 5.41) is 6.22. The Morgan fingerprint density at radius 2 is 2.13 bits per heavy atom. The highest BCUT2D eigenvalue weighted by atomic mass is 32.2. The number of nitrogens with one attached hydrogen (secondary N) is 2. The van der Waals surface area contributed by atoms with Gasteiger partial charge in [0.15, 0.2) is 0 Å². The molecule has 0 radical (unpaired) electrons. The molecule has 2 saturated heterocycles. The molecule has 2 aliphatic rings. The minimum atomic E-state index is -0.245. The molecule has 1 amide bonds. The van der Waals surface area contributed by atoms with E-state index in [2.05, 4.69) is 15.5 Å². The Morgan fingerprint density at radius 1 is 1.39 bits per heavy atom. The Kier molecular flexibility index (Phi) is 5.88. The van der Waals surface area contributed by atoms with E-state index in [0.29, 0.717) is 19.8 Å². The minimum absolute atomic E-state index is 0.0374. The molecule has 2 atom stereocenters. The van der Waals surface area contributed by atoms with E-state index >= 15 is 0 Å². The highest BCUT2D eigenvalue weighted by Gasteiger charge is 2.26. The lowest BCUT2D eigenvalue weighted by atomic mass is 10.0. The van der Waals surface area contributed by atoms with Gasteiger partial charge in [0, 0.05) is 31.3 Å². The van der Waals surface area contributed by atoms with Crippen LogP contribution in [0.25, 0.3) is 0 Å². The summed E-state index contributed by atoms with van der Waals surface area (Å²) in [7, 11) is 0. The van der Waals surface area contributed by atoms with E-state index < -0.39 is 0 Å². The SMILES string of the molecule is O=C(NCC(c1ccc(F)cc1)N1CCOCC1)C1CSCN1. The molecule has 0 aliphatic carbocycles. The van der Waals surface area contributed by atoms with Crippen molar-refractivity contribution in [2.24, 2.45) is 0 Å². The number of ether oxygens (including phenoxy) is 1. The monoisotopic (exact) mass is 339 g/mol. The van der Waals surface area contributed by atoms with Crippen LogP contribution in [0, 0.1) is 5.82 Å². The van der Waals surface area contributed by atoms with Crippen LogP contribution in [-0.2, 0) is 9.53 Å². The van der Waals surface area contributed by atoms with Crippen molar-refractivity contribution in [1.82, 2.24) is 15.5 Å². The lowest BCUT2D eigenvalue weighted by Crippen LogP contribution is -2.47. The largest absolute Gasteiger partial charge is 0.379 e. The van der Waals surface area contributed by atoms with Crippen LogP contribution in [0.3, 0.4) is 0 Å². The summed E-state index contributed by atoms with van der Waals surface area (Å²) < 4.78 is 18.6. The standard InChI is InChI=1S/C16H22FN3O2S/c17-13-3-1-12(2-4-13)15(20-5-7-22-8-6-20)9-18-16(21)14-10-23-11-19-14/h1-4,14-15,19H,5-11H2,(H,18,21). The first-order valence-corrected chi connectivity index (χ1v) is 9.05. The van der Waals surface area contributed by atoms with E-state index in [0.717, 1.165) is 30.3 Å². The van der Waals surface area contributed by atoms with Crippen molar-refractivity contribution in [3.05, 3.63) is 35.6 Å². The summed E-state index contributed by atoms with van der Waals surface area (Å²) in [6.07, 6.45) is 0. The molecule has 5 nitrogen and oxygen atoms in total. The second-order valence-electron chi connectivity index (χ2n) is 5.73. The van der Waals surface area contributed by atoms with E-state index in [1.54, 1.807) is 23.9 Å². The highest BCUT2D eigenvalue weighted by molar-refractivity contribution is 7.99. The highest BCUT2D eigenvalue weighted by Crippen LogP contribution is 2.22. The van der Waals surface area contributed by atoms with Gasteiger partial charge in [-0.05, 0) is 17.7 Å². The molecule has 2 aliphatic heterocycles. The molecule has 0 spiro atoms. The van der Waals surface area contributed by atoms with Gasteiger partial charge in [-0.25, -0.2) is 4.39 Å². The van der Waals surface area contributed by atoms with E-state index in [1.807, 2.05) is 0 Å². The molecule has 1 aromatic rings. The number of amides is 1. The molecule has 0 saturated carbocycles. The Labute approximate surface area is 139 Å². The maximum atomic E-state index is 13.2. The summed E-state index contributed by atoms with van der Waals surface area (Å²) in [6.45, 7) is 3.52. The number of carbonyl (C=O) groups is 1. The van der Waals surface area contributed by atoms with E-state index in [4.69, 9.17) is 4.74 Å². The minimum Gasteiger partial charge on any atom is -0.379 e. The third kappa shape index (κ3) is 4.44. The smallest absolute Gasteiger partial charge is 0.238 e. The van der Waals surface area contributed by atoms with Crippen LogP contribution < -0.4 is 10.6 Å². The van der Waals surface area contributed by atoms with Crippen LogP contribution in [0.4, 0.5) is 4.39 Å². The van der Waals surface area contributed by atoms with Gasteiger partial charge in [-0.3, -0.25) is 15.0 Å². The van der Waals surface area contributed by atoms with Gasteiger partial charge in [-0.1, -0.05) is 12.1 Å². The number of rotatable bonds is 5. The molecule has 0 aromatic heterocycles. The summed E-state index contributed by atoms with van der Waals surface area (Å²) in [5.74, 6) is 1.43. The molecule has 0 bridgehead atoms. The number of nitrogens with zero attached hydrogens (tertiary/aromatic N) is 1. The fourth-order valence-electron chi connectivity index (χ4n) is 2.92. The topological polar surface area (TPSA) is 53.6 Å². The molecule has 2 N–H and O–H groups in total. The van der Waals surface area contributed by atoms with Gasteiger partial charge in [-0.2, -0.15) is 0 Å². The second kappa shape index (κ2) is 8.10. The van der Waals surface area contributed by atoms with Crippen LogP contribution in [-0.4, -0.2) is 61.3 Å². The predicted octanol–water partition coefficient (Wildman–Crippen LogP) is 0.978. The average molecular weight is 339 g/mol. The number of hydrogen-bond acceptors (Lipinski definition) is 5. The summed E-state index contributed by atoms with van der Waals surface area (Å²) in [5.41, 5.74) is 1.02.